The average molecular weight is 471 g/mol. The van der Waals surface area contributed by atoms with Crippen molar-refractivity contribution in [3.8, 4) is 0 Å². The van der Waals surface area contributed by atoms with Crippen LogP contribution in [0.1, 0.15) is 20.8 Å². The number of nitrogens with zero attached hydrogens (tertiary/aromatic N) is 4. The Morgan fingerprint density at radius 2 is 1.91 bits per heavy atom. The third-order valence-electron chi connectivity index (χ3n) is 5.20. The first kappa shape index (κ1) is 22.4. The fourth-order valence-corrected chi connectivity index (χ4v) is 4.32. The number of carbonyl (C=O) groups is 2. The Balaban J connectivity index is 1.51. The Bertz CT molecular complexity index is 1190. The number of amides is 2. The molecule has 1 aliphatic rings. The van der Waals surface area contributed by atoms with Gasteiger partial charge in [0.1, 0.15) is 5.00 Å². The van der Waals surface area contributed by atoms with Gasteiger partial charge in [-0.3, -0.25) is 9.59 Å². The summed E-state index contributed by atoms with van der Waals surface area (Å²) in [7, 11) is 2.07. The molecule has 4 rings (SSSR count). The first-order valence-corrected chi connectivity index (χ1v) is 11.0. The SMILES string of the molecule is CN1CCN(c2ccc(C(=O)Nc3sc(Nc4ccnc(F)c4)nc3C(N)=O)cc2N)CC1. The third kappa shape index (κ3) is 5.18. The lowest BCUT2D eigenvalue weighted by atomic mass is 10.1. The molecule has 0 unspecified atom stereocenters. The first-order chi connectivity index (χ1) is 15.8. The number of anilines is 5. The molecule has 2 amide bonds. The number of carbonyl (C=O) groups excluding carboxylic acids is 2. The topological polar surface area (TPSA) is 142 Å². The number of halogens is 1. The maximum Gasteiger partial charge on any atom is 0.270 e. The van der Waals surface area contributed by atoms with Gasteiger partial charge < -0.3 is 31.9 Å². The molecule has 0 atom stereocenters. The number of nitrogen functional groups attached to an aromatic ring is 1. The highest BCUT2D eigenvalue weighted by molar-refractivity contribution is 7.20. The van der Waals surface area contributed by atoms with Gasteiger partial charge in [-0.2, -0.15) is 4.39 Å². The first-order valence-electron chi connectivity index (χ1n) is 10.1. The minimum Gasteiger partial charge on any atom is -0.397 e. The molecular formula is C21H23FN8O2S. The van der Waals surface area contributed by atoms with Crippen molar-refractivity contribution < 1.29 is 14.0 Å². The Hall–Kier alpha value is -3.77. The second-order valence-electron chi connectivity index (χ2n) is 7.57. The maximum atomic E-state index is 13.3. The molecule has 6 N–H and O–H groups in total. The molecule has 0 saturated carbocycles. The molecule has 12 heteroatoms. The van der Waals surface area contributed by atoms with Gasteiger partial charge >= 0.3 is 0 Å². The Morgan fingerprint density at radius 3 is 2.58 bits per heavy atom. The van der Waals surface area contributed by atoms with Crippen molar-refractivity contribution >= 4 is 50.3 Å². The van der Waals surface area contributed by atoms with Crippen LogP contribution >= 0.6 is 11.3 Å². The zero-order valence-electron chi connectivity index (χ0n) is 17.8. The van der Waals surface area contributed by atoms with Gasteiger partial charge in [0, 0.05) is 49.7 Å². The second kappa shape index (κ2) is 9.38. The molecule has 0 radical (unpaired) electrons. The van der Waals surface area contributed by atoms with E-state index in [1.807, 2.05) is 6.07 Å². The molecule has 3 aromatic rings. The predicted molar refractivity (Wildman–Crippen MR) is 127 cm³/mol. The van der Waals surface area contributed by atoms with Crippen LogP contribution in [0.4, 0.5) is 31.6 Å². The highest BCUT2D eigenvalue weighted by Crippen LogP contribution is 2.32. The Morgan fingerprint density at radius 1 is 1.15 bits per heavy atom. The third-order valence-corrected chi connectivity index (χ3v) is 6.09. The van der Waals surface area contributed by atoms with E-state index in [4.69, 9.17) is 11.5 Å². The van der Waals surface area contributed by atoms with Gasteiger partial charge in [0.2, 0.25) is 5.95 Å². The number of rotatable bonds is 6. The van der Waals surface area contributed by atoms with Crippen molar-refractivity contribution in [1.82, 2.24) is 14.9 Å². The van der Waals surface area contributed by atoms with E-state index in [1.54, 1.807) is 12.1 Å². The van der Waals surface area contributed by atoms with Crippen LogP contribution in [0.25, 0.3) is 0 Å². The van der Waals surface area contributed by atoms with Crippen LogP contribution in [-0.4, -0.2) is 59.9 Å². The number of aromatic nitrogens is 2. The van der Waals surface area contributed by atoms with Crippen LogP contribution in [0.3, 0.4) is 0 Å². The van der Waals surface area contributed by atoms with Crippen molar-refractivity contribution in [2.75, 3.05) is 54.5 Å². The number of nitrogens with one attached hydrogen (secondary N) is 2. The molecule has 172 valence electrons. The number of benzene rings is 1. The van der Waals surface area contributed by atoms with Crippen LogP contribution in [0.2, 0.25) is 0 Å². The summed E-state index contributed by atoms with van der Waals surface area (Å²) in [5, 5.41) is 5.97. The normalized spacial score (nSPS) is 14.2. The van der Waals surface area contributed by atoms with Gasteiger partial charge in [0.15, 0.2) is 10.8 Å². The predicted octanol–water partition coefficient (Wildman–Crippen LogP) is 2.11. The van der Waals surface area contributed by atoms with Crippen molar-refractivity contribution in [3.05, 3.63) is 53.7 Å². The van der Waals surface area contributed by atoms with Gasteiger partial charge in [-0.05, 0) is 31.3 Å². The van der Waals surface area contributed by atoms with Crippen molar-refractivity contribution in [2.24, 2.45) is 5.73 Å². The lowest BCUT2D eigenvalue weighted by molar-refractivity contribution is 0.0997. The number of likely N-dealkylation sites (N-methyl/N-ethyl adjacent to an activating group) is 1. The lowest BCUT2D eigenvalue weighted by Gasteiger charge is -2.34. The van der Waals surface area contributed by atoms with E-state index in [0.717, 1.165) is 43.2 Å². The number of piperazine rings is 1. The number of pyridine rings is 1. The molecule has 2 aromatic heterocycles. The molecule has 10 nitrogen and oxygen atoms in total. The van der Waals surface area contributed by atoms with Crippen LogP contribution in [0, 0.1) is 5.95 Å². The molecule has 1 saturated heterocycles. The number of hydrogen-bond acceptors (Lipinski definition) is 9. The molecular weight excluding hydrogens is 447 g/mol. The molecule has 1 aromatic carbocycles. The van der Waals surface area contributed by atoms with E-state index in [2.05, 4.69) is 37.4 Å². The van der Waals surface area contributed by atoms with Crippen LogP contribution < -0.4 is 27.0 Å². The van der Waals surface area contributed by atoms with Gasteiger partial charge in [0.05, 0.1) is 11.4 Å². The summed E-state index contributed by atoms with van der Waals surface area (Å²) in [6, 6.07) is 7.82. The number of primary amides is 1. The number of nitrogens with two attached hydrogens (primary N) is 2. The molecule has 3 heterocycles. The molecule has 1 fully saturated rings. The number of hydrogen-bond donors (Lipinski definition) is 4. The maximum absolute atomic E-state index is 13.3. The van der Waals surface area contributed by atoms with E-state index in [1.165, 1.54) is 18.3 Å². The molecule has 0 aliphatic carbocycles. The summed E-state index contributed by atoms with van der Waals surface area (Å²) >= 11 is 1.000. The fourth-order valence-electron chi connectivity index (χ4n) is 3.44. The van der Waals surface area contributed by atoms with E-state index in [9.17, 15) is 14.0 Å². The van der Waals surface area contributed by atoms with Gasteiger partial charge in [-0.25, -0.2) is 9.97 Å². The standard InChI is InChI=1S/C21H23FN8O2S/c1-29-6-8-30(9-7-29)15-3-2-12(10-14(15)23)19(32)28-20-17(18(24)31)27-21(33-20)26-13-4-5-25-16(22)11-13/h2-5,10-11H,6-9,23H2,1H3,(H2,24,31)(H,28,32)(H,25,26,27). The molecule has 33 heavy (non-hydrogen) atoms. The molecule has 0 bridgehead atoms. The van der Waals surface area contributed by atoms with Gasteiger partial charge in [0.25, 0.3) is 11.8 Å². The summed E-state index contributed by atoms with van der Waals surface area (Å²) in [5.74, 6) is -1.93. The quantitative estimate of drug-likeness (QED) is 0.317. The minimum atomic E-state index is -0.805. The van der Waals surface area contributed by atoms with Crippen molar-refractivity contribution in [3.63, 3.8) is 0 Å². The minimum absolute atomic E-state index is 0.104. The van der Waals surface area contributed by atoms with Crippen molar-refractivity contribution in [2.45, 2.75) is 0 Å². The van der Waals surface area contributed by atoms with Crippen LogP contribution in [0.5, 0.6) is 0 Å². The highest BCUT2D eigenvalue weighted by atomic mass is 32.1. The van der Waals surface area contributed by atoms with Crippen LogP contribution in [0.15, 0.2) is 36.5 Å². The largest absolute Gasteiger partial charge is 0.397 e. The van der Waals surface area contributed by atoms with Crippen molar-refractivity contribution in [1.29, 1.82) is 0 Å². The second-order valence-corrected chi connectivity index (χ2v) is 8.57. The van der Waals surface area contributed by atoms with E-state index >= 15 is 0 Å². The zero-order chi connectivity index (χ0) is 23.5. The number of thiazole rings is 1. The van der Waals surface area contributed by atoms with E-state index in [0.29, 0.717) is 16.9 Å². The summed E-state index contributed by atoms with van der Waals surface area (Å²) < 4.78 is 13.3. The van der Waals surface area contributed by atoms with Gasteiger partial charge in [-0.1, -0.05) is 11.3 Å². The smallest absolute Gasteiger partial charge is 0.270 e. The Kier molecular flexibility index (Phi) is 6.38. The summed E-state index contributed by atoms with van der Waals surface area (Å²) in [6.45, 7) is 3.58. The summed E-state index contributed by atoms with van der Waals surface area (Å²) in [4.78, 5) is 36.7. The summed E-state index contributed by atoms with van der Waals surface area (Å²) in [5.41, 5.74) is 13.6. The molecule has 0 spiro atoms. The van der Waals surface area contributed by atoms with Gasteiger partial charge in [-0.15, -0.1) is 0 Å². The zero-order valence-corrected chi connectivity index (χ0v) is 18.7. The summed E-state index contributed by atoms with van der Waals surface area (Å²) in [6.07, 6.45) is 1.29. The highest BCUT2D eigenvalue weighted by Gasteiger charge is 2.21. The average Bonchev–Trinajstić information content (AvgIpc) is 3.16. The Labute approximate surface area is 193 Å². The van der Waals surface area contributed by atoms with E-state index in [-0.39, 0.29) is 15.8 Å². The fraction of sp³-hybridized carbons (Fsp3) is 0.238. The molecule has 1 aliphatic heterocycles. The monoisotopic (exact) mass is 470 g/mol. The lowest BCUT2D eigenvalue weighted by Crippen LogP contribution is -2.44. The van der Waals surface area contributed by atoms with E-state index < -0.39 is 17.8 Å². The van der Waals surface area contributed by atoms with Crippen LogP contribution in [-0.2, 0) is 0 Å².